The Morgan fingerprint density at radius 3 is 2.02 bits per heavy atom. The van der Waals surface area contributed by atoms with Crippen LogP contribution in [0.4, 0.5) is 0 Å². The molecule has 10 atom stereocenters. The molecule has 0 amide bonds. The number of methoxy groups -OCH3 is 1. The highest BCUT2D eigenvalue weighted by Gasteiger charge is 2.48. The maximum atomic E-state index is 10.7. The summed E-state index contributed by atoms with van der Waals surface area (Å²) in [5.41, 5.74) is 0.00280. The number of phenols is 4. The predicted molar refractivity (Wildman–Crippen MR) is 146 cm³/mol. The SMILES string of the molecule is COc1cc(-c2[o+]c3cc(O)cc(O)c3cc2OC2OC(COC3OC(CO)C(O)C(O)C3O)C(O)C(O)C2O)cc(O)c1O. The Labute approximate surface area is 253 Å². The zero-order valence-electron chi connectivity index (χ0n) is 23.4. The van der Waals surface area contributed by atoms with E-state index in [9.17, 15) is 56.2 Å². The Morgan fingerprint density at radius 1 is 0.711 bits per heavy atom. The van der Waals surface area contributed by atoms with Crippen molar-refractivity contribution in [1.82, 2.24) is 0 Å². The monoisotopic (exact) mass is 641 g/mol. The molecule has 2 aliphatic rings. The molecular weight excluding hydrogens is 608 g/mol. The zero-order chi connectivity index (χ0) is 32.7. The van der Waals surface area contributed by atoms with E-state index in [2.05, 4.69) is 0 Å². The Hall–Kier alpha value is -3.75. The molecule has 2 aliphatic heterocycles. The lowest BCUT2D eigenvalue weighted by Crippen LogP contribution is -2.62. The number of benzene rings is 2. The third-order valence-electron chi connectivity index (χ3n) is 7.54. The number of hydrogen-bond acceptors (Lipinski definition) is 16. The molecule has 10 unspecified atom stereocenters. The lowest BCUT2D eigenvalue weighted by molar-refractivity contribution is -0.323. The topological polar surface area (TPSA) is 280 Å². The molecule has 0 spiro atoms. The quantitative estimate of drug-likeness (QED) is 0.0957. The van der Waals surface area contributed by atoms with E-state index in [0.29, 0.717) is 0 Å². The predicted octanol–water partition coefficient (Wildman–Crippen LogP) is -1.79. The van der Waals surface area contributed by atoms with Crippen LogP contribution in [-0.2, 0) is 14.2 Å². The van der Waals surface area contributed by atoms with Gasteiger partial charge in [-0.1, -0.05) is 0 Å². The lowest BCUT2D eigenvalue weighted by atomic mass is 9.98. The molecule has 17 heteroatoms. The molecule has 17 nitrogen and oxygen atoms in total. The first-order valence-electron chi connectivity index (χ1n) is 13.6. The van der Waals surface area contributed by atoms with Gasteiger partial charge < -0.3 is 79.9 Å². The second-order valence-corrected chi connectivity index (χ2v) is 10.5. The maximum absolute atomic E-state index is 10.7. The maximum Gasteiger partial charge on any atom is 0.402 e. The van der Waals surface area contributed by atoms with Crippen LogP contribution in [-0.4, -0.2) is 138 Å². The van der Waals surface area contributed by atoms with E-state index >= 15 is 0 Å². The fourth-order valence-corrected chi connectivity index (χ4v) is 5.02. The minimum Gasteiger partial charge on any atom is -0.507 e. The van der Waals surface area contributed by atoms with E-state index in [1.165, 1.54) is 25.3 Å². The van der Waals surface area contributed by atoms with Gasteiger partial charge in [-0.25, -0.2) is 4.42 Å². The van der Waals surface area contributed by atoms with Crippen LogP contribution in [0.5, 0.6) is 34.5 Å². The fourth-order valence-electron chi connectivity index (χ4n) is 5.02. The van der Waals surface area contributed by atoms with E-state index in [-0.39, 0.29) is 39.5 Å². The molecular formula is C28H33O17+. The number of ether oxygens (including phenoxy) is 5. The van der Waals surface area contributed by atoms with E-state index in [4.69, 9.17) is 28.1 Å². The van der Waals surface area contributed by atoms with E-state index < -0.39 is 91.9 Å². The average Bonchev–Trinajstić information content (AvgIpc) is 3.01. The van der Waals surface area contributed by atoms with Crippen molar-refractivity contribution in [3.8, 4) is 45.8 Å². The molecule has 2 fully saturated rings. The van der Waals surface area contributed by atoms with Gasteiger partial charge in [0.2, 0.25) is 17.8 Å². The van der Waals surface area contributed by atoms with Crippen molar-refractivity contribution in [2.75, 3.05) is 20.3 Å². The highest BCUT2D eigenvalue weighted by molar-refractivity contribution is 5.88. The van der Waals surface area contributed by atoms with Crippen molar-refractivity contribution >= 4 is 11.0 Å². The number of fused-ring (bicyclic) bond motifs is 1. The molecule has 3 heterocycles. The van der Waals surface area contributed by atoms with Gasteiger partial charge >= 0.3 is 11.3 Å². The highest BCUT2D eigenvalue weighted by Crippen LogP contribution is 2.45. The Morgan fingerprint density at radius 2 is 1.36 bits per heavy atom. The molecule has 2 saturated heterocycles. The summed E-state index contributed by atoms with van der Waals surface area (Å²) in [5, 5.41) is 112. The number of phenolic OH excluding ortho intramolecular Hbond substituents is 4. The number of rotatable bonds is 8. The van der Waals surface area contributed by atoms with Gasteiger partial charge in [0.25, 0.3) is 0 Å². The van der Waals surface area contributed by atoms with E-state index in [0.717, 1.165) is 12.1 Å². The first kappa shape index (κ1) is 32.6. The van der Waals surface area contributed by atoms with Crippen molar-refractivity contribution < 1.29 is 84.3 Å². The van der Waals surface area contributed by atoms with Gasteiger partial charge in [-0.05, 0) is 0 Å². The Kier molecular flexibility index (Phi) is 9.38. The number of aliphatic hydroxyl groups is 7. The third kappa shape index (κ3) is 6.23. The fraction of sp³-hybridized carbons (Fsp3) is 0.464. The largest absolute Gasteiger partial charge is 0.507 e. The number of aliphatic hydroxyl groups excluding tert-OH is 7. The van der Waals surface area contributed by atoms with Crippen LogP contribution >= 0.6 is 0 Å². The normalized spacial score (nSPS) is 32.0. The number of aromatic hydroxyl groups is 4. The van der Waals surface area contributed by atoms with Crippen LogP contribution in [0.2, 0.25) is 0 Å². The van der Waals surface area contributed by atoms with Crippen molar-refractivity contribution in [3.63, 3.8) is 0 Å². The van der Waals surface area contributed by atoms with Crippen LogP contribution in [0.15, 0.2) is 34.7 Å². The zero-order valence-corrected chi connectivity index (χ0v) is 23.4. The summed E-state index contributed by atoms with van der Waals surface area (Å²) in [6.07, 6.45) is -16.8. The highest BCUT2D eigenvalue weighted by atomic mass is 16.7. The van der Waals surface area contributed by atoms with Crippen molar-refractivity contribution in [2.45, 2.75) is 61.4 Å². The van der Waals surface area contributed by atoms with Gasteiger partial charge in [0.05, 0.1) is 32.0 Å². The van der Waals surface area contributed by atoms with Gasteiger partial charge in [-0.15, -0.1) is 0 Å². The van der Waals surface area contributed by atoms with Crippen LogP contribution in [0.25, 0.3) is 22.3 Å². The molecule has 0 aliphatic carbocycles. The lowest BCUT2D eigenvalue weighted by Gasteiger charge is -2.42. The van der Waals surface area contributed by atoms with E-state index in [1.807, 2.05) is 0 Å². The van der Waals surface area contributed by atoms with Crippen LogP contribution in [0.3, 0.4) is 0 Å². The molecule has 2 aromatic carbocycles. The van der Waals surface area contributed by atoms with Crippen LogP contribution in [0.1, 0.15) is 0 Å². The Bertz CT molecular complexity index is 1510. The number of hydrogen-bond donors (Lipinski definition) is 11. The first-order valence-corrected chi connectivity index (χ1v) is 13.6. The van der Waals surface area contributed by atoms with Crippen molar-refractivity contribution in [2.24, 2.45) is 0 Å². The van der Waals surface area contributed by atoms with Gasteiger partial charge in [-0.3, -0.25) is 0 Å². The van der Waals surface area contributed by atoms with Crippen molar-refractivity contribution in [3.05, 3.63) is 30.3 Å². The van der Waals surface area contributed by atoms with Gasteiger partial charge in [0.15, 0.2) is 17.8 Å². The summed E-state index contributed by atoms with van der Waals surface area (Å²) in [7, 11) is 1.23. The molecule has 1 aromatic heterocycles. The molecule has 3 aromatic rings. The minimum atomic E-state index is -1.89. The standard InChI is InChI=1S/C28H32O17/c1-40-15-3-9(2-13(32)19(15)33)26-16(6-11-12(31)4-10(30)5-14(11)42-26)43-28-25(39)23(37)21(35)18(45-28)8-41-27-24(38)22(36)20(34)17(7-29)44-27/h2-6,17-18,20-25,27-29,34-39H,7-8H2,1H3,(H3-,30,31,32,33)/p+1. The first-order chi connectivity index (χ1) is 21.3. The van der Waals surface area contributed by atoms with Gasteiger partial charge in [0, 0.05) is 24.3 Å². The molecule has 0 bridgehead atoms. The summed E-state index contributed by atoms with van der Waals surface area (Å²) < 4.78 is 33.3. The summed E-state index contributed by atoms with van der Waals surface area (Å²) in [4.78, 5) is 0. The van der Waals surface area contributed by atoms with Gasteiger partial charge in [0.1, 0.15) is 65.7 Å². The average molecular weight is 642 g/mol. The van der Waals surface area contributed by atoms with Crippen LogP contribution < -0.4 is 9.47 Å². The van der Waals surface area contributed by atoms with Gasteiger partial charge in [-0.2, -0.15) is 0 Å². The summed E-state index contributed by atoms with van der Waals surface area (Å²) in [5.74, 6) is -2.57. The minimum absolute atomic E-state index is 0.0231. The van der Waals surface area contributed by atoms with Crippen molar-refractivity contribution in [1.29, 1.82) is 0 Å². The second-order valence-electron chi connectivity index (χ2n) is 10.5. The van der Waals surface area contributed by atoms with Crippen LogP contribution in [0, 0.1) is 0 Å². The third-order valence-corrected chi connectivity index (χ3v) is 7.54. The molecule has 45 heavy (non-hydrogen) atoms. The summed E-state index contributed by atoms with van der Waals surface area (Å²) in [6.45, 7) is -1.33. The Balaban J connectivity index is 1.46. The smallest absolute Gasteiger partial charge is 0.402 e. The summed E-state index contributed by atoms with van der Waals surface area (Å²) >= 11 is 0. The molecule has 0 radical (unpaired) electrons. The molecule has 0 saturated carbocycles. The second kappa shape index (κ2) is 12.9. The van der Waals surface area contributed by atoms with E-state index in [1.54, 1.807) is 0 Å². The summed E-state index contributed by atoms with van der Waals surface area (Å²) in [6, 6.07) is 5.80. The molecule has 246 valence electrons. The molecule has 11 N–H and O–H groups in total. The molecule has 5 rings (SSSR count).